The zero-order valence-corrected chi connectivity index (χ0v) is 8.75. The first-order valence-corrected chi connectivity index (χ1v) is 5.33. The number of nitrogens with zero attached hydrogens (tertiary/aromatic N) is 1. The summed E-state index contributed by atoms with van der Waals surface area (Å²) in [6.07, 6.45) is 0.697. The fourth-order valence-corrected chi connectivity index (χ4v) is 2.19. The normalized spacial score (nSPS) is 10.7. The van der Waals surface area contributed by atoms with Crippen LogP contribution in [-0.2, 0) is 11.2 Å². The maximum absolute atomic E-state index is 10.4. The first-order chi connectivity index (χ1) is 7.15. The Kier molecular flexibility index (Phi) is 2.55. The minimum absolute atomic E-state index is 0.153. The van der Waals surface area contributed by atoms with Gasteiger partial charge >= 0.3 is 5.97 Å². The van der Waals surface area contributed by atoms with E-state index in [1.807, 2.05) is 18.2 Å². The maximum Gasteiger partial charge on any atom is 0.303 e. The van der Waals surface area contributed by atoms with Crippen molar-refractivity contribution in [2.24, 2.45) is 0 Å². The van der Waals surface area contributed by atoms with Gasteiger partial charge in [0.15, 0.2) is 5.13 Å². The van der Waals surface area contributed by atoms with Gasteiger partial charge in [0.25, 0.3) is 0 Å². The minimum Gasteiger partial charge on any atom is -0.481 e. The summed E-state index contributed by atoms with van der Waals surface area (Å²) in [7, 11) is 0. The van der Waals surface area contributed by atoms with Crippen molar-refractivity contribution in [1.29, 1.82) is 0 Å². The number of aryl methyl sites for hydroxylation is 1. The molecule has 5 heteroatoms. The molecule has 0 amide bonds. The number of aromatic nitrogens is 1. The van der Waals surface area contributed by atoms with Crippen LogP contribution >= 0.6 is 11.3 Å². The highest BCUT2D eigenvalue weighted by atomic mass is 32.1. The molecule has 0 unspecified atom stereocenters. The number of anilines is 1. The molecule has 2 rings (SSSR count). The molecule has 2 aromatic rings. The molecule has 15 heavy (non-hydrogen) atoms. The van der Waals surface area contributed by atoms with Crippen molar-refractivity contribution in [2.75, 3.05) is 5.73 Å². The van der Waals surface area contributed by atoms with Crippen LogP contribution in [0.3, 0.4) is 0 Å². The van der Waals surface area contributed by atoms with E-state index in [-0.39, 0.29) is 6.42 Å². The molecule has 4 nitrogen and oxygen atoms in total. The van der Waals surface area contributed by atoms with Crippen molar-refractivity contribution in [3.05, 3.63) is 23.8 Å². The molecule has 0 saturated heterocycles. The van der Waals surface area contributed by atoms with Gasteiger partial charge in [-0.2, -0.15) is 0 Å². The van der Waals surface area contributed by atoms with Crippen LogP contribution in [-0.4, -0.2) is 16.1 Å². The van der Waals surface area contributed by atoms with E-state index in [1.165, 1.54) is 11.3 Å². The zero-order valence-electron chi connectivity index (χ0n) is 7.93. The number of benzene rings is 1. The molecule has 1 aromatic heterocycles. The lowest BCUT2D eigenvalue weighted by Crippen LogP contribution is -1.96. The van der Waals surface area contributed by atoms with Crippen LogP contribution in [0, 0.1) is 0 Å². The minimum atomic E-state index is -0.779. The largest absolute Gasteiger partial charge is 0.481 e. The third-order valence-electron chi connectivity index (χ3n) is 2.10. The molecular formula is C10H10N2O2S. The average Bonchev–Trinajstić information content (AvgIpc) is 2.53. The number of carboxylic acid groups (broad SMARTS) is 1. The second-order valence-corrected chi connectivity index (χ2v) is 4.31. The number of hydrogen-bond acceptors (Lipinski definition) is 4. The predicted molar refractivity (Wildman–Crippen MR) is 60.0 cm³/mol. The fourth-order valence-electron chi connectivity index (χ4n) is 1.39. The summed E-state index contributed by atoms with van der Waals surface area (Å²) >= 11 is 1.42. The Morgan fingerprint density at radius 3 is 3.07 bits per heavy atom. The van der Waals surface area contributed by atoms with Crippen LogP contribution in [0.1, 0.15) is 12.0 Å². The Labute approximate surface area is 90.4 Å². The van der Waals surface area contributed by atoms with Crippen molar-refractivity contribution < 1.29 is 9.90 Å². The van der Waals surface area contributed by atoms with Gasteiger partial charge in [0.2, 0.25) is 0 Å². The topological polar surface area (TPSA) is 76.2 Å². The zero-order chi connectivity index (χ0) is 10.8. The molecular weight excluding hydrogens is 212 g/mol. The summed E-state index contributed by atoms with van der Waals surface area (Å²) in [4.78, 5) is 14.5. The van der Waals surface area contributed by atoms with E-state index >= 15 is 0 Å². The van der Waals surface area contributed by atoms with E-state index in [4.69, 9.17) is 10.8 Å². The fraction of sp³-hybridized carbons (Fsp3) is 0.200. The smallest absolute Gasteiger partial charge is 0.303 e. The molecule has 0 aliphatic carbocycles. The number of fused-ring (bicyclic) bond motifs is 1. The second kappa shape index (κ2) is 3.86. The molecule has 0 saturated carbocycles. The molecule has 0 fully saturated rings. The van der Waals surface area contributed by atoms with E-state index in [0.29, 0.717) is 11.6 Å². The molecule has 1 heterocycles. The molecule has 1 aromatic carbocycles. The SMILES string of the molecule is Nc1nc2ccc(CCC(=O)O)cc2s1. The number of nitrogens with two attached hydrogens (primary N) is 1. The van der Waals surface area contributed by atoms with Gasteiger partial charge in [-0.1, -0.05) is 17.4 Å². The number of hydrogen-bond donors (Lipinski definition) is 2. The Balaban J connectivity index is 2.26. The van der Waals surface area contributed by atoms with Gasteiger partial charge in [0.1, 0.15) is 0 Å². The standard InChI is InChI=1S/C10H10N2O2S/c11-10-12-7-3-1-6(2-4-9(13)14)5-8(7)15-10/h1,3,5H,2,4H2,(H2,11,12)(H,13,14). The van der Waals surface area contributed by atoms with E-state index < -0.39 is 5.97 Å². The van der Waals surface area contributed by atoms with Crippen molar-refractivity contribution in [3.8, 4) is 0 Å². The van der Waals surface area contributed by atoms with Gasteiger partial charge in [0, 0.05) is 6.42 Å². The number of aliphatic carboxylic acids is 1. The number of thiazole rings is 1. The molecule has 0 bridgehead atoms. The maximum atomic E-state index is 10.4. The van der Waals surface area contributed by atoms with Crippen molar-refractivity contribution in [2.45, 2.75) is 12.8 Å². The van der Waals surface area contributed by atoms with Gasteiger partial charge in [-0.05, 0) is 24.1 Å². The van der Waals surface area contributed by atoms with Gasteiger partial charge in [-0.3, -0.25) is 4.79 Å². The van der Waals surface area contributed by atoms with Gasteiger partial charge in [-0.15, -0.1) is 0 Å². The summed E-state index contributed by atoms with van der Waals surface area (Å²) in [5.74, 6) is -0.779. The van der Waals surface area contributed by atoms with Crippen LogP contribution < -0.4 is 5.73 Å². The third kappa shape index (κ3) is 2.24. The number of nitrogen functional groups attached to an aromatic ring is 1. The average molecular weight is 222 g/mol. The van der Waals surface area contributed by atoms with E-state index in [9.17, 15) is 4.79 Å². The van der Waals surface area contributed by atoms with Gasteiger partial charge in [0.05, 0.1) is 10.2 Å². The molecule has 0 aliphatic heterocycles. The lowest BCUT2D eigenvalue weighted by molar-refractivity contribution is -0.136. The van der Waals surface area contributed by atoms with E-state index in [2.05, 4.69) is 4.98 Å². The first-order valence-electron chi connectivity index (χ1n) is 4.52. The lowest BCUT2D eigenvalue weighted by atomic mass is 10.1. The van der Waals surface area contributed by atoms with E-state index in [1.54, 1.807) is 0 Å². The summed E-state index contributed by atoms with van der Waals surface area (Å²) < 4.78 is 1.01. The highest BCUT2D eigenvalue weighted by Crippen LogP contribution is 2.24. The van der Waals surface area contributed by atoms with Crippen LogP contribution in [0.5, 0.6) is 0 Å². The van der Waals surface area contributed by atoms with Crippen LogP contribution in [0.25, 0.3) is 10.2 Å². The van der Waals surface area contributed by atoms with Gasteiger partial charge in [-0.25, -0.2) is 4.98 Å². The number of rotatable bonds is 3. The number of carbonyl (C=O) groups is 1. The molecule has 0 spiro atoms. The third-order valence-corrected chi connectivity index (χ3v) is 2.94. The molecule has 0 radical (unpaired) electrons. The van der Waals surface area contributed by atoms with Crippen molar-refractivity contribution in [3.63, 3.8) is 0 Å². The first kappa shape index (κ1) is 9.92. The Morgan fingerprint density at radius 2 is 2.33 bits per heavy atom. The van der Waals surface area contributed by atoms with Crippen LogP contribution in [0.15, 0.2) is 18.2 Å². The molecule has 0 aliphatic rings. The highest BCUT2D eigenvalue weighted by Gasteiger charge is 2.03. The molecule has 0 atom stereocenters. The quantitative estimate of drug-likeness (QED) is 0.831. The van der Waals surface area contributed by atoms with Crippen LogP contribution in [0.2, 0.25) is 0 Å². The second-order valence-electron chi connectivity index (χ2n) is 3.25. The predicted octanol–water partition coefficient (Wildman–Crippen LogP) is 1.90. The monoisotopic (exact) mass is 222 g/mol. The Hall–Kier alpha value is -1.62. The van der Waals surface area contributed by atoms with Crippen molar-refractivity contribution >= 4 is 32.7 Å². The van der Waals surface area contributed by atoms with Gasteiger partial charge < -0.3 is 10.8 Å². The molecule has 3 N–H and O–H groups in total. The lowest BCUT2D eigenvalue weighted by Gasteiger charge is -1.97. The summed E-state index contributed by atoms with van der Waals surface area (Å²) in [5, 5.41) is 9.10. The number of carboxylic acids is 1. The Morgan fingerprint density at radius 1 is 1.53 bits per heavy atom. The Bertz CT molecular complexity index is 507. The summed E-state index contributed by atoms with van der Waals surface area (Å²) in [5.41, 5.74) is 7.46. The van der Waals surface area contributed by atoms with Crippen LogP contribution in [0.4, 0.5) is 5.13 Å². The summed E-state index contributed by atoms with van der Waals surface area (Å²) in [6.45, 7) is 0. The van der Waals surface area contributed by atoms with E-state index in [0.717, 1.165) is 15.8 Å². The molecule has 78 valence electrons. The summed E-state index contributed by atoms with van der Waals surface area (Å²) in [6, 6.07) is 5.72. The van der Waals surface area contributed by atoms with Crippen molar-refractivity contribution in [1.82, 2.24) is 4.98 Å². The highest BCUT2D eigenvalue weighted by molar-refractivity contribution is 7.22.